The number of halogens is 2. The SMILES string of the molecule is CCOCC(C)C[Si](C)(Cl)Cl. The van der Waals surface area contributed by atoms with Crippen LogP contribution in [0.15, 0.2) is 0 Å². The first-order valence-electron chi connectivity index (χ1n) is 3.91. The lowest BCUT2D eigenvalue weighted by Gasteiger charge is -2.16. The third kappa shape index (κ3) is 8.66. The zero-order valence-corrected chi connectivity index (χ0v) is 9.87. The summed E-state index contributed by atoms with van der Waals surface area (Å²) in [6.07, 6.45) is 0. The Morgan fingerprint density at radius 2 is 2.00 bits per heavy atom. The van der Waals surface area contributed by atoms with Crippen LogP contribution in [0, 0.1) is 5.92 Å². The van der Waals surface area contributed by atoms with Gasteiger partial charge in [-0.25, -0.2) is 0 Å². The van der Waals surface area contributed by atoms with Crippen LogP contribution in [0.2, 0.25) is 12.6 Å². The Labute approximate surface area is 79.4 Å². The molecule has 0 aromatic carbocycles. The summed E-state index contributed by atoms with van der Waals surface area (Å²) in [4.78, 5) is 0. The van der Waals surface area contributed by atoms with Crippen LogP contribution in [0.5, 0.6) is 0 Å². The van der Waals surface area contributed by atoms with Crippen molar-refractivity contribution in [2.24, 2.45) is 5.92 Å². The van der Waals surface area contributed by atoms with Crippen molar-refractivity contribution in [1.29, 1.82) is 0 Å². The fraction of sp³-hybridized carbons (Fsp3) is 1.00. The summed E-state index contributed by atoms with van der Waals surface area (Å²) in [5.74, 6) is 0.488. The number of hydrogen-bond donors (Lipinski definition) is 0. The van der Waals surface area contributed by atoms with E-state index in [-0.39, 0.29) is 0 Å². The minimum atomic E-state index is -1.91. The van der Waals surface area contributed by atoms with Gasteiger partial charge in [-0.2, -0.15) is 0 Å². The molecule has 0 N–H and O–H groups in total. The molecule has 1 unspecified atom stereocenters. The molecule has 0 aromatic heterocycles. The van der Waals surface area contributed by atoms with Crippen molar-refractivity contribution < 1.29 is 4.74 Å². The third-order valence-corrected chi connectivity index (χ3v) is 3.65. The molecule has 0 spiro atoms. The number of ether oxygens (including phenoxy) is 1. The summed E-state index contributed by atoms with van der Waals surface area (Å²) in [6, 6.07) is 0.913. The van der Waals surface area contributed by atoms with Crippen LogP contribution in [0.4, 0.5) is 0 Å². The minimum Gasteiger partial charge on any atom is -0.381 e. The van der Waals surface area contributed by atoms with Crippen molar-refractivity contribution in [3.8, 4) is 0 Å². The predicted molar refractivity (Wildman–Crippen MR) is 53.8 cm³/mol. The van der Waals surface area contributed by atoms with E-state index in [2.05, 4.69) is 6.92 Å². The lowest BCUT2D eigenvalue weighted by atomic mass is 10.2. The third-order valence-electron chi connectivity index (χ3n) is 1.31. The van der Waals surface area contributed by atoms with Crippen molar-refractivity contribution in [3.05, 3.63) is 0 Å². The van der Waals surface area contributed by atoms with E-state index < -0.39 is 6.69 Å². The van der Waals surface area contributed by atoms with E-state index in [4.69, 9.17) is 26.9 Å². The first kappa shape index (κ1) is 11.8. The highest BCUT2D eigenvalue weighted by atomic mass is 35.7. The van der Waals surface area contributed by atoms with Gasteiger partial charge in [-0.05, 0) is 25.4 Å². The highest BCUT2D eigenvalue weighted by Gasteiger charge is 2.23. The van der Waals surface area contributed by atoms with Crippen LogP contribution in [0.1, 0.15) is 13.8 Å². The lowest BCUT2D eigenvalue weighted by Crippen LogP contribution is -2.19. The Morgan fingerprint density at radius 3 is 2.36 bits per heavy atom. The maximum absolute atomic E-state index is 5.96. The van der Waals surface area contributed by atoms with Gasteiger partial charge in [0, 0.05) is 13.2 Å². The van der Waals surface area contributed by atoms with Gasteiger partial charge in [0.2, 0.25) is 6.69 Å². The fourth-order valence-electron chi connectivity index (χ4n) is 0.990. The smallest absolute Gasteiger partial charge is 0.248 e. The van der Waals surface area contributed by atoms with Gasteiger partial charge in [-0.1, -0.05) is 6.92 Å². The van der Waals surface area contributed by atoms with Crippen molar-refractivity contribution in [2.75, 3.05) is 13.2 Å². The zero-order chi connectivity index (χ0) is 8.91. The predicted octanol–water partition coefficient (Wildman–Crippen LogP) is 3.21. The van der Waals surface area contributed by atoms with Crippen LogP contribution in [-0.2, 0) is 4.74 Å². The maximum Gasteiger partial charge on any atom is 0.248 e. The summed E-state index contributed by atoms with van der Waals surface area (Å²) in [6.45, 7) is 5.69. The number of rotatable bonds is 5. The molecule has 1 nitrogen and oxygen atoms in total. The largest absolute Gasteiger partial charge is 0.381 e. The highest BCUT2D eigenvalue weighted by molar-refractivity contribution is 7.44. The molecule has 0 aliphatic carbocycles. The average Bonchev–Trinajstić information content (AvgIpc) is 1.79. The van der Waals surface area contributed by atoms with E-state index >= 15 is 0 Å². The van der Waals surface area contributed by atoms with Crippen LogP contribution < -0.4 is 0 Å². The molecule has 0 bridgehead atoms. The summed E-state index contributed by atoms with van der Waals surface area (Å²) in [5, 5.41) is 0. The van der Waals surface area contributed by atoms with Crippen molar-refractivity contribution in [3.63, 3.8) is 0 Å². The summed E-state index contributed by atoms with van der Waals surface area (Å²) in [5.41, 5.74) is 0. The van der Waals surface area contributed by atoms with Crippen molar-refractivity contribution in [1.82, 2.24) is 0 Å². The van der Waals surface area contributed by atoms with E-state index in [1.807, 2.05) is 13.5 Å². The van der Waals surface area contributed by atoms with Crippen LogP contribution in [-0.4, -0.2) is 19.9 Å². The molecule has 0 saturated heterocycles. The molecule has 0 aromatic rings. The molecule has 4 heteroatoms. The molecular weight excluding hydrogens is 199 g/mol. The monoisotopic (exact) mass is 214 g/mol. The van der Waals surface area contributed by atoms with E-state index in [1.54, 1.807) is 0 Å². The Bertz CT molecular complexity index is 103. The molecule has 0 fully saturated rings. The van der Waals surface area contributed by atoms with Gasteiger partial charge in [0.15, 0.2) is 0 Å². The Balaban J connectivity index is 3.44. The molecule has 11 heavy (non-hydrogen) atoms. The fourth-order valence-corrected chi connectivity index (χ4v) is 3.91. The summed E-state index contributed by atoms with van der Waals surface area (Å²) >= 11 is 11.9. The second kappa shape index (κ2) is 5.41. The molecule has 0 aliphatic heterocycles. The molecule has 0 saturated carbocycles. The molecule has 68 valence electrons. The molecule has 0 aliphatic rings. The molecule has 0 amide bonds. The second-order valence-electron chi connectivity index (χ2n) is 3.04. The Hall–Kier alpha value is 0.757. The highest BCUT2D eigenvalue weighted by Crippen LogP contribution is 2.24. The first-order chi connectivity index (χ1) is 4.95. The Kier molecular flexibility index (Phi) is 5.78. The molecule has 0 rings (SSSR count). The van der Waals surface area contributed by atoms with Crippen molar-refractivity contribution in [2.45, 2.75) is 26.4 Å². The van der Waals surface area contributed by atoms with E-state index in [1.165, 1.54) is 0 Å². The summed E-state index contributed by atoms with van der Waals surface area (Å²) < 4.78 is 5.25. The minimum absolute atomic E-state index is 0.488. The molecule has 0 radical (unpaired) electrons. The van der Waals surface area contributed by atoms with Gasteiger partial charge in [0.25, 0.3) is 0 Å². The topological polar surface area (TPSA) is 9.23 Å². The van der Waals surface area contributed by atoms with E-state index in [0.717, 1.165) is 19.3 Å². The average molecular weight is 215 g/mol. The first-order valence-corrected chi connectivity index (χ1v) is 8.64. The van der Waals surface area contributed by atoms with Crippen molar-refractivity contribution >= 4 is 28.9 Å². The van der Waals surface area contributed by atoms with Gasteiger partial charge in [-0.15, -0.1) is 22.2 Å². The standard InChI is InChI=1S/C7H16Cl2OSi/c1-4-10-5-7(2)6-11(3,8)9/h7H,4-6H2,1-3H3. The van der Waals surface area contributed by atoms with Gasteiger partial charge < -0.3 is 4.74 Å². The van der Waals surface area contributed by atoms with Gasteiger partial charge in [0.1, 0.15) is 0 Å². The quantitative estimate of drug-likeness (QED) is 0.505. The maximum atomic E-state index is 5.96. The van der Waals surface area contributed by atoms with Gasteiger partial charge in [-0.3, -0.25) is 0 Å². The van der Waals surface area contributed by atoms with E-state index in [9.17, 15) is 0 Å². The second-order valence-corrected chi connectivity index (χ2v) is 11.2. The van der Waals surface area contributed by atoms with Gasteiger partial charge in [0.05, 0.1) is 0 Å². The molecule has 0 heterocycles. The van der Waals surface area contributed by atoms with Gasteiger partial charge >= 0.3 is 0 Å². The molecular formula is C7H16Cl2OSi. The molecule has 1 atom stereocenters. The van der Waals surface area contributed by atoms with Crippen LogP contribution in [0.3, 0.4) is 0 Å². The zero-order valence-electron chi connectivity index (χ0n) is 7.36. The normalized spacial score (nSPS) is 15.0. The summed E-state index contributed by atoms with van der Waals surface area (Å²) in [7, 11) is 0. The lowest BCUT2D eigenvalue weighted by molar-refractivity contribution is 0.121. The Morgan fingerprint density at radius 1 is 1.45 bits per heavy atom. The van der Waals surface area contributed by atoms with Crippen LogP contribution in [0.25, 0.3) is 0 Å². The van der Waals surface area contributed by atoms with E-state index in [0.29, 0.717) is 5.92 Å². The number of hydrogen-bond acceptors (Lipinski definition) is 1. The van der Waals surface area contributed by atoms with Crippen LogP contribution >= 0.6 is 22.2 Å².